The first kappa shape index (κ1) is 8.21. The van der Waals surface area contributed by atoms with Crippen LogP contribution in [0.25, 0.3) is 0 Å². The average Bonchev–Trinajstić information content (AvgIpc) is 2.48. The minimum absolute atomic E-state index is 0.0270. The molecule has 0 amide bonds. The van der Waals surface area contributed by atoms with Crippen molar-refractivity contribution in [2.24, 2.45) is 5.73 Å². The number of aromatic nitrogens is 1. The van der Waals surface area contributed by atoms with Crippen LogP contribution < -0.4 is 5.73 Å². The SMILES string of the molecule is NCC#Cc1nc(CO)cs1. The minimum atomic E-state index is -0.0270. The van der Waals surface area contributed by atoms with Crippen molar-refractivity contribution in [2.75, 3.05) is 6.54 Å². The standard InChI is InChI=1S/C7H8N2OS/c8-3-1-2-7-9-6(4-10)5-11-7/h5,10H,3-4,8H2. The Morgan fingerprint density at radius 3 is 3.09 bits per heavy atom. The molecule has 0 saturated carbocycles. The highest BCUT2D eigenvalue weighted by Gasteiger charge is 1.95. The predicted molar refractivity (Wildman–Crippen MR) is 44.0 cm³/mol. The Balaban J connectivity index is 2.72. The normalized spacial score (nSPS) is 8.91. The van der Waals surface area contributed by atoms with E-state index in [4.69, 9.17) is 10.8 Å². The van der Waals surface area contributed by atoms with Crippen LogP contribution in [0, 0.1) is 11.8 Å². The monoisotopic (exact) mass is 168 g/mol. The molecule has 0 aliphatic rings. The number of hydrogen-bond donors (Lipinski definition) is 2. The molecule has 58 valence electrons. The topological polar surface area (TPSA) is 59.1 Å². The summed E-state index contributed by atoms with van der Waals surface area (Å²) in [6, 6.07) is 0. The average molecular weight is 168 g/mol. The Hall–Kier alpha value is -0.890. The second-order valence-electron chi connectivity index (χ2n) is 1.81. The molecule has 1 heterocycles. The fourth-order valence-electron chi connectivity index (χ4n) is 0.564. The van der Waals surface area contributed by atoms with Crippen molar-refractivity contribution in [3.63, 3.8) is 0 Å². The highest BCUT2D eigenvalue weighted by Crippen LogP contribution is 2.07. The lowest BCUT2D eigenvalue weighted by atomic mass is 10.5. The Kier molecular flexibility index (Phi) is 3.05. The third-order valence-corrected chi connectivity index (χ3v) is 1.82. The quantitative estimate of drug-likeness (QED) is 0.578. The highest BCUT2D eigenvalue weighted by molar-refractivity contribution is 7.10. The molecule has 0 aliphatic heterocycles. The van der Waals surface area contributed by atoms with Crippen molar-refractivity contribution in [3.8, 4) is 11.8 Å². The third-order valence-electron chi connectivity index (χ3n) is 1.01. The molecule has 0 unspecified atom stereocenters. The molecule has 1 aromatic heterocycles. The third kappa shape index (κ3) is 2.31. The van der Waals surface area contributed by atoms with E-state index in [9.17, 15) is 0 Å². The van der Waals surface area contributed by atoms with E-state index < -0.39 is 0 Å². The Morgan fingerprint density at radius 1 is 1.73 bits per heavy atom. The van der Waals surface area contributed by atoms with Crippen LogP contribution in [0.2, 0.25) is 0 Å². The fraction of sp³-hybridized carbons (Fsp3) is 0.286. The maximum atomic E-state index is 8.65. The zero-order chi connectivity index (χ0) is 8.10. The van der Waals surface area contributed by atoms with Gasteiger partial charge in [-0.2, -0.15) is 0 Å². The number of thiazole rings is 1. The summed E-state index contributed by atoms with van der Waals surface area (Å²) in [5.74, 6) is 5.47. The molecule has 0 radical (unpaired) electrons. The number of hydrogen-bond acceptors (Lipinski definition) is 4. The van der Waals surface area contributed by atoms with Crippen LogP contribution >= 0.6 is 11.3 Å². The molecule has 0 fully saturated rings. The van der Waals surface area contributed by atoms with E-state index in [0.717, 1.165) is 0 Å². The van der Waals surface area contributed by atoms with Gasteiger partial charge in [0, 0.05) is 5.38 Å². The first-order chi connectivity index (χ1) is 5.36. The molecular formula is C7H8N2OS. The van der Waals surface area contributed by atoms with Gasteiger partial charge >= 0.3 is 0 Å². The van der Waals surface area contributed by atoms with E-state index in [1.54, 1.807) is 5.38 Å². The van der Waals surface area contributed by atoms with Gasteiger partial charge in [0.05, 0.1) is 18.8 Å². The summed E-state index contributed by atoms with van der Waals surface area (Å²) in [5, 5.41) is 11.1. The molecule has 3 nitrogen and oxygen atoms in total. The van der Waals surface area contributed by atoms with E-state index in [0.29, 0.717) is 17.2 Å². The first-order valence-corrected chi connectivity index (χ1v) is 3.99. The Bertz CT molecular complexity index is 284. The lowest BCUT2D eigenvalue weighted by molar-refractivity contribution is 0.277. The summed E-state index contributed by atoms with van der Waals surface area (Å²) < 4.78 is 0. The van der Waals surface area contributed by atoms with E-state index in [1.807, 2.05) is 0 Å². The summed E-state index contributed by atoms with van der Waals surface area (Å²) in [5.41, 5.74) is 5.83. The number of aliphatic hydroxyl groups is 1. The molecule has 0 spiro atoms. The molecule has 0 aromatic carbocycles. The number of rotatable bonds is 1. The van der Waals surface area contributed by atoms with Gasteiger partial charge in [-0.1, -0.05) is 5.92 Å². The van der Waals surface area contributed by atoms with Crippen molar-refractivity contribution < 1.29 is 5.11 Å². The molecule has 0 saturated heterocycles. The Morgan fingerprint density at radius 2 is 2.55 bits per heavy atom. The second kappa shape index (κ2) is 4.09. The van der Waals surface area contributed by atoms with E-state index in [1.165, 1.54) is 11.3 Å². The van der Waals surface area contributed by atoms with Crippen LogP contribution in [0.4, 0.5) is 0 Å². The van der Waals surface area contributed by atoms with Gasteiger partial charge in [-0.3, -0.25) is 0 Å². The van der Waals surface area contributed by atoms with Crippen molar-refractivity contribution in [1.82, 2.24) is 4.98 Å². The predicted octanol–water partition coefficient (Wildman–Crippen LogP) is -0.0544. The van der Waals surface area contributed by atoms with Gasteiger partial charge in [0.2, 0.25) is 0 Å². The van der Waals surface area contributed by atoms with E-state index in [2.05, 4.69) is 16.8 Å². The van der Waals surface area contributed by atoms with E-state index in [-0.39, 0.29) is 6.61 Å². The van der Waals surface area contributed by atoms with Crippen LogP contribution in [-0.2, 0) is 6.61 Å². The molecule has 4 heteroatoms. The van der Waals surface area contributed by atoms with Crippen LogP contribution in [0.1, 0.15) is 10.7 Å². The van der Waals surface area contributed by atoms with Crippen molar-refractivity contribution in [3.05, 3.63) is 16.1 Å². The zero-order valence-corrected chi connectivity index (χ0v) is 6.69. The largest absolute Gasteiger partial charge is 0.390 e. The highest BCUT2D eigenvalue weighted by atomic mass is 32.1. The van der Waals surface area contributed by atoms with Crippen LogP contribution in [0.15, 0.2) is 5.38 Å². The van der Waals surface area contributed by atoms with E-state index >= 15 is 0 Å². The lowest BCUT2D eigenvalue weighted by Crippen LogP contribution is -1.93. The van der Waals surface area contributed by atoms with Crippen LogP contribution in [0.3, 0.4) is 0 Å². The molecule has 1 aromatic rings. The number of aliphatic hydroxyl groups excluding tert-OH is 1. The van der Waals surface area contributed by atoms with Crippen LogP contribution in [0.5, 0.6) is 0 Å². The van der Waals surface area contributed by atoms with Crippen molar-refractivity contribution in [2.45, 2.75) is 6.61 Å². The maximum Gasteiger partial charge on any atom is 0.167 e. The minimum Gasteiger partial charge on any atom is -0.390 e. The molecule has 1 rings (SSSR count). The zero-order valence-electron chi connectivity index (χ0n) is 5.87. The smallest absolute Gasteiger partial charge is 0.167 e. The van der Waals surface area contributed by atoms with Gasteiger partial charge in [-0.15, -0.1) is 11.3 Å². The molecular weight excluding hydrogens is 160 g/mol. The van der Waals surface area contributed by atoms with Gasteiger partial charge in [0.1, 0.15) is 0 Å². The van der Waals surface area contributed by atoms with Crippen molar-refractivity contribution >= 4 is 11.3 Å². The first-order valence-electron chi connectivity index (χ1n) is 3.11. The van der Waals surface area contributed by atoms with Gasteiger partial charge in [-0.25, -0.2) is 4.98 Å². The van der Waals surface area contributed by atoms with Gasteiger partial charge in [-0.05, 0) is 5.92 Å². The molecule has 11 heavy (non-hydrogen) atoms. The number of nitrogens with zero attached hydrogens (tertiary/aromatic N) is 1. The summed E-state index contributed by atoms with van der Waals surface area (Å²) in [6.45, 7) is 0.314. The van der Waals surface area contributed by atoms with Gasteiger partial charge in [0.25, 0.3) is 0 Å². The number of nitrogens with two attached hydrogens (primary N) is 1. The summed E-state index contributed by atoms with van der Waals surface area (Å²) in [7, 11) is 0. The molecule has 3 N–H and O–H groups in total. The lowest BCUT2D eigenvalue weighted by Gasteiger charge is -1.80. The summed E-state index contributed by atoms with van der Waals surface area (Å²) in [4.78, 5) is 4.01. The van der Waals surface area contributed by atoms with Gasteiger partial charge in [0.15, 0.2) is 5.01 Å². The fourth-order valence-corrected chi connectivity index (χ4v) is 1.24. The van der Waals surface area contributed by atoms with Crippen molar-refractivity contribution in [1.29, 1.82) is 0 Å². The van der Waals surface area contributed by atoms with Crippen LogP contribution in [-0.4, -0.2) is 16.6 Å². The summed E-state index contributed by atoms with van der Waals surface area (Å²) in [6.07, 6.45) is 0. The van der Waals surface area contributed by atoms with Gasteiger partial charge < -0.3 is 10.8 Å². The Labute approximate surface area is 68.9 Å². The molecule has 0 atom stereocenters. The second-order valence-corrected chi connectivity index (χ2v) is 2.67. The summed E-state index contributed by atoms with van der Waals surface area (Å²) >= 11 is 1.41. The maximum absolute atomic E-state index is 8.65. The molecule has 0 bridgehead atoms. The molecule has 0 aliphatic carbocycles.